The third-order valence-corrected chi connectivity index (χ3v) is 5.02. The summed E-state index contributed by atoms with van der Waals surface area (Å²) >= 11 is 0. The van der Waals surface area contributed by atoms with Crippen LogP contribution in [-0.2, 0) is 9.47 Å². The highest BCUT2D eigenvalue weighted by atomic mass is 19.1. The van der Waals surface area contributed by atoms with Crippen LogP contribution in [0.15, 0.2) is 60.7 Å². The summed E-state index contributed by atoms with van der Waals surface area (Å²) in [5.74, 6) is -0.204. The van der Waals surface area contributed by atoms with Crippen LogP contribution in [0.25, 0.3) is 22.4 Å². The highest BCUT2D eigenvalue weighted by molar-refractivity contribution is 6.03. The lowest BCUT2D eigenvalue weighted by Crippen LogP contribution is -2.38. The number of hydrogen-bond donors (Lipinski definition) is 0. The molecule has 1 saturated heterocycles. The third kappa shape index (κ3) is 4.19. The molecule has 2 aromatic carbocycles. The molecule has 1 aliphatic rings. The van der Waals surface area contributed by atoms with Gasteiger partial charge in [0.1, 0.15) is 17.2 Å². The number of halogens is 1. The Bertz CT molecular complexity index is 1020. The zero-order chi connectivity index (χ0) is 20.9. The van der Waals surface area contributed by atoms with E-state index in [2.05, 4.69) is 4.90 Å². The number of ether oxygens (including phenoxy) is 2. The molecule has 0 atom stereocenters. The number of morpholine rings is 1. The Morgan fingerprint density at radius 1 is 1.07 bits per heavy atom. The molecule has 4 rings (SSSR count). The first-order chi connectivity index (χ1) is 14.7. The summed E-state index contributed by atoms with van der Waals surface area (Å²) in [6, 6.07) is 17.8. The van der Waals surface area contributed by atoms with Gasteiger partial charge in [-0.05, 0) is 30.7 Å². The van der Waals surface area contributed by atoms with Gasteiger partial charge in [-0.15, -0.1) is 0 Å². The van der Waals surface area contributed by atoms with Crippen molar-refractivity contribution >= 4 is 11.8 Å². The minimum Gasteiger partial charge on any atom is -0.462 e. The van der Waals surface area contributed by atoms with Crippen molar-refractivity contribution in [3.05, 3.63) is 72.0 Å². The molecule has 0 bridgehead atoms. The molecule has 0 unspecified atom stereocenters. The smallest absolute Gasteiger partial charge is 0.342 e. The van der Waals surface area contributed by atoms with E-state index in [0.717, 1.165) is 16.8 Å². The van der Waals surface area contributed by atoms with E-state index in [1.807, 2.05) is 36.4 Å². The molecule has 1 fully saturated rings. The summed E-state index contributed by atoms with van der Waals surface area (Å²) < 4.78 is 24.4. The van der Waals surface area contributed by atoms with Crippen molar-refractivity contribution in [2.75, 3.05) is 37.8 Å². The monoisotopic (exact) mass is 406 g/mol. The minimum atomic E-state index is -0.439. The maximum atomic E-state index is 13.6. The number of nitrogens with zero attached hydrogens (tertiary/aromatic N) is 2. The van der Waals surface area contributed by atoms with Gasteiger partial charge in [0.2, 0.25) is 0 Å². The largest absolute Gasteiger partial charge is 0.462 e. The molecule has 2 heterocycles. The van der Waals surface area contributed by atoms with E-state index in [9.17, 15) is 9.18 Å². The van der Waals surface area contributed by atoms with E-state index in [1.54, 1.807) is 19.1 Å². The number of aromatic nitrogens is 1. The molecule has 1 aromatic heterocycles. The zero-order valence-corrected chi connectivity index (χ0v) is 16.8. The number of carbonyl (C=O) groups is 1. The van der Waals surface area contributed by atoms with Crippen LogP contribution in [0.5, 0.6) is 0 Å². The van der Waals surface area contributed by atoms with Crippen molar-refractivity contribution in [3.63, 3.8) is 0 Å². The Balaban J connectivity index is 1.96. The third-order valence-electron chi connectivity index (χ3n) is 5.02. The number of carbonyl (C=O) groups excluding carboxylic acids is 1. The van der Waals surface area contributed by atoms with Crippen molar-refractivity contribution in [2.24, 2.45) is 0 Å². The minimum absolute atomic E-state index is 0.255. The first-order valence-corrected chi connectivity index (χ1v) is 10.0. The van der Waals surface area contributed by atoms with Gasteiger partial charge in [0.15, 0.2) is 0 Å². The van der Waals surface area contributed by atoms with Gasteiger partial charge in [-0.3, -0.25) is 0 Å². The second-order valence-corrected chi connectivity index (χ2v) is 6.95. The first kappa shape index (κ1) is 20.0. The van der Waals surface area contributed by atoms with Crippen LogP contribution in [-0.4, -0.2) is 43.9 Å². The van der Waals surface area contributed by atoms with Crippen molar-refractivity contribution in [3.8, 4) is 22.4 Å². The van der Waals surface area contributed by atoms with Gasteiger partial charge >= 0.3 is 5.97 Å². The van der Waals surface area contributed by atoms with Gasteiger partial charge in [0, 0.05) is 24.2 Å². The number of hydrogen-bond acceptors (Lipinski definition) is 5. The summed E-state index contributed by atoms with van der Waals surface area (Å²) in [5, 5.41) is 0. The lowest BCUT2D eigenvalue weighted by Gasteiger charge is -2.30. The van der Waals surface area contributed by atoms with E-state index in [4.69, 9.17) is 14.5 Å². The molecule has 3 aromatic rings. The van der Waals surface area contributed by atoms with Crippen LogP contribution in [0.2, 0.25) is 0 Å². The Kier molecular flexibility index (Phi) is 6.05. The molecule has 6 heteroatoms. The van der Waals surface area contributed by atoms with E-state index >= 15 is 0 Å². The van der Waals surface area contributed by atoms with Crippen molar-refractivity contribution in [1.29, 1.82) is 0 Å². The summed E-state index contributed by atoms with van der Waals surface area (Å²) in [6.45, 7) is 4.40. The molecular weight excluding hydrogens is 383 g/mol. The number of rotatable bonds is 5. The molecule has 5 nitrogen and oxygen atoms in total. The average Bonchev–Trinajstić information content (AvgIpc) is 2.80. The summed E-state index contributed by atoms with van der Waals surface area (Å²) in [7, 11) is 0. The van der Waals surface area contributed by atoms with Gasteiger partial charge in [-0.2, -0.15) is 0 Å². The number of anilines is 1. The maximum absolute atomic E-state index is 13.6. The number of esters is 1. The van der Waals surface area contributed by atoms with E-state index < -0.39 is 5.97 Å². The van der Waals surface area contributed by atoms with Crippen LogP contribution in [0, 0.1) is 5.82 Å². The predicted octanol–water partition coefficient (Wildman–Crippen LogP) is 4.57. The first-order valence-electron chi connectivity index (χ1n) is 10.0. The van der Waals surface area contributed by atoms with Crippen molar-refractivity contribution < 1.29 is 18.7 Å². The fourth-order valence-electron chi connectivity index (χ4n) is 3.55. The van der Waals surface area contributed by atoms with Gasteiger partial charge in [-0.25, -0.2) is 14.2 Å². The van der Waals surface area contributed by atoms with E-state index in [-0.39, 0.29) is 12.4 Å². The predicted molar refractivity (Wildman–Crippen MR) is 114 cm³/mol. The molecule has 0 spiro atoms. The Morgan fingerprint density at radius 3 is 2.43 bits per heavy atom. The van der Waals surface area contributed by atoms with Crippen LogP contribution in [0.1, 0.15) is 17.3 Å². The summed E-state index contributed by atoms with van der Waals surface area (Å²) in [5.41, 5.74) is 3.47. The van der Waals surface area contributed by atoms with Crippen molar-refractivity contribution in [1.82, 2.24) is 4.98 Å². The molecule has 0 saturated carbocycles. The van der Waals surface area contributed by atoms with Crippen LogP contribution in [0.4, 0.5) is 10.2 Å². The molecule has 0 aliphatic carbocycles. The average molecular weight is 406 g/mol. The lowest BCUT2D eigenvalue weighted by atomic mass is 9.97. The lowest BCUT2D eigenvalue weighted by molar-refractivity contribution is 0.0526. The molecule has 0 amide bonds. The quantitative estimate of drug-likeness (QED) is 0.581. The number of pyridine rings is 1. The van der Waals surface area contributed by atoms with Gasteiger partial charge < -0.3 is 14.4 Å². The highest BCUT2D eigenvalue weighted by Crippen LogP contribution is 2.35. The molecule has 30 heavy (non-hydrogen) atoms. The molecule has 0 N–H and O–H groups in total. The summed E-state index contributed by atoms with van der Waals surface area (Å²) in [4.78, 5) is 19.9. The molecule has 154 valence electrons. The second kappa shape index (κ2) is 9.05. The zero-order valence-electron chi connectivity index (χ0n) is 16.8. The SMILES string of the molecule is CCOC(=O)c1c(-c2ccc(F)cc2)cc(-c2ccccc2)nc1N1CCOCC1. The topological polar surface area (TPSA) is 51.7 Å². The Hall–Kier alpha value is -3.25. The molecule has 1 aliphatic heterocycles. The Labute approximate surface area is 175 Å². The van der Waals surface area contributed by atoms with E-state index in [1.165, 1.54) is 12.1 Å². The number of benzene rings is 2. The van der Waals surface area contributed by atoms with Gasteiger partial charge in [0.25, 0.3) is 0 Å². The second-order valence-electron chi connectivity index (χ2n) is 6.95. The fourth-order valence-corrected chi connectivity index (χ4v) is 3.55. The molecular formula is C24H23FN2O3. The van der Waals surface area contributed by atoms with E-state index in [0.29, 0.717) is 43.2 Å². The normalized spacial score (nSPS) is 13.9. The summed E-state index contributed by atoms with van der Waals surface area (Å²) in [6.07, 6.45) is 0. The van der Waals surface area contributed by atoms with Crippen LogP contribution < -0.4 is 4.90 Å². The highest BCUT2D eigenvalue weighted by Gasteiger charge is 2.26. The Morgan fingerprint density at radius 2 is 1.77 bits per heavy atom. The van der Waals surface area contributed by atoms with Crippen molar-refractivity contribution in [2.45, 2.75) is 6.92 Å². The standard InChI is InChI=1S/C24H23FN2O3/c1-2-30-24(28)22-20(17-8-10-19(25)11-9-17)16-21(18-6-4-3-5-7-18)26-23(22)27-12-14-29-15-13-27/h3-11,16H,2,12-15H2,1H3. The van der Waals surface area contributed by atoms with Crippen LogP contribution >= 0.6 is 0 Å². The van der Waals surface area contributed by atoms with Gasteiger partial charge in [0.05, 0.1) is 25.5 Å². The van der Waals surface area contributed by atoms with Crippen LogP contribution in [0.3, 0.4) is 0 Å². The fraction of sp³-hybridized carbons (Fsp3) is 0.250. The van der Waals surface area contributed by atoms with Gasteiger partial charge in [-0.1, -0.05) is 42.5 Å². The molecule has 0 radical (unpaired) electrons. The maximum Gasteiger partial charge on any atom is 0.342 e.